The fraction of sp³-hybridized carbons (Fsp3) is 0.938. The molecule has 3 nitrogen and oxygen atoms in total. The Morgan fingerprint density at radius 1 is 1.16 bits per heavy atom. The summed E-state index contributed by atoms with van der Waals surface area (Å²) in [6.07, 6.45) is 7.23. The number of nitrogens with one attached hydrogen (secondary N) is 1. The van der Waals surface area contributed by atoms with Crippen molar-refractivity contribution in [1.29, 1.82) is 0 Å². The van der Waals surface area contributed by atoms with Crippen LogP contribution in [0.25, 0.3) is 0 Å². The molecule has 4 aliphatic carbocycles. The molecule has 3 atom stereocenters. The van der Waals surface area contributed by atoms with Gasteiger partial charge in [-0.05, 0) is 62.2 Å². The number of amides is 1. The van der Waals surface area contributed by atoms with E-state index in [2.05, 4.69) is 19.2 Å². The van der Waals surface area contributed by atoms with Gasteiger partial charge in [0.1, 0.15) is 6.10 Å². The van der Waals surface area contributed by atoms with Crippen LogP contribution in [0, 0.1) is 16.7 Å². The zero-order chi connectivity index (χ0) is 13.9. The van der Waals surface area contributed by atoms with E-state index in [1.54, 1.807) is 7.11 Å². The molecule has 0 spiro atoms. The number of hydrogen-bond acceptors (Lipinski definition) is 2. The van der Waals surface area contributed by atoms with E-state index in [1.165, 1.54) is 25.7 Å². The molecule has 3 heteroatoms. The Labute approximate surface area is 116 Å². The van der Waals surface area contributed by atoms with E-state index in [4.69, 9.17) is 4.74 Å². The molecule has 4 fully saturated rings. The maximum Gasteiger partial charge on any atom is 0.249 e. The van der Waals surface area contributed by atoms with E-state index in [9.17, 15) is 4.79 Å². The van der Waals surface area contributed by atoms with Crippen LogP contribution < -0.4 is 5.32 Å². The highest BCUT2D eigenvalue weighted by Gasteiger charge is 2.60. The second-order valence-electron chi connectivity index (χ2n) is 8.28. The van der Waals surface area contributed by atoms with Crippen molar-refractivity contribution in [2.75, 3.05) is 7.11 Å². The van der Waals surface area contributed by atoms with E-state index in [1.807, 2.05) is 6.92 Å². The summed E-state index contributed by atoms with van der Waals surface area (Å²) in [5.74, 6) is 0.876. The lowest BCUT2D eigenvalue weighted by molar-refractivity contribution is -0.146. The summed E-state index contributed by atoms with van der Waals surface area (Å²) < 4.78 is 5.16. The standard InChI is InChI=1S/C16H27NO2/c1-11(19-4)13(18)17-16-7-12-5-14(2,9-16)8-15(3,6-12)10-16/h11-12H,5-10H2,1-4H3,(H,17,18). The van der Waals surface area contributed by atoms with Gasteiger partial charge in [-0.1, -0.05) is 13.8 Å². The van der Waals surface area contributed by atoms with Gasteiger partial charge in [-0.2, -0.15) is 0 Å². The van der Waals surface area contributed by atoms with Gasteiger partial charge in [0.05, 0.1) is 0 Å². The normalized spacial score (nSPS) is 49.2. The van der Waals surface area contributed by atoms with Crippen LogP contribution in [0.4, 0.5) is 0 Å². The van der Waals surface area contributed by atoms with Crippen LogP contribution in [-0.2, 0) is 9.53 Å². The molecule has 0 aromatic heterocycles. The maximum absolute atomic E-state index is 12.2. The number of carbonyl (C=O) groups is 1. The lowest BCUT2D eigenvalue weighted by Crippen LogP contribution is -2.66. The third-order valence-corrected chi connectivity index (χ3v) is 5.74. The molecule has 4 aliphatic rings. The minimum absolute atomic E-state index is 0.0484. The van der Waals surface area contributed by atoms with E-state index in [-0.39, 0.29) is 17.6 Å². The molecule has 0 aromatic carbocycles. The van der Waals surface area contributed by atoms with Gasteiger partial charge < -0.3 is 10.1 Å². The molecular weight excluding hydrogens is 238 g/mol. The third-order valence-electron chi connectivity index (χ3n) is 5.74. The topological polar surface area (TPSA) is 38.3 Å². The first kappa shape index (κ1) is 13.4. The van der Waals surface area contributed by atoms with E-state index in [0.29, 0.717) is 10.8 Å². The molecule has 4 rings (SSSR count). The molecule has 4 bridgehead atoms. The highest BCUT2D eigenvalue weighted by Crippen LogP contribution is 2.66. The van der Waals surface area contributed by atoms with Crippen LogP contribution in [0.3, 0.4) is 0 Å². The van der Waals surface area contributed by atoms with Crippen LogP contribution in [0.5, 0.6) is 0 Å². The SMILES string of the molecule is COC(C)C(=O)NC12CC3CC(C)(CC(C)(C3)C1)C2. The molecule has 4 saturated carbocycles. The van der Waals surface area contributed by atoms with Crippen molar-refractivity contribution in [3.8, 4) is 0 Å². The molecule has 0 saturated heterocycles. The van der Waals surface area contributed by atoms with E-state index >= 15 is 0 Å². The fourth-order valence-electron chi connectivity index (χ4n) is 6.06. The fourth-order valence-corrected chi connectivity index (χ4v) is 6.06. The van der Waals surface area contributed by atoms with Gasteiger partial charge in [-0.3, -0.25) is 4.79 Å². The molecule has 0 radical (unpaired) electrons. The van der Waals surface area contributed by atoms with Crippen LogP contribution in [0.1, 0.15) is 59.3 Å². The van der Waals surface area contributed by atoms with Crippen molar-refractivity contribution in [2.45, 2.75) is 70.9 Å². The summed E-state index contributed by atoms with van der Waals surface area (Å²) in [6, 6.07) is 0. The monoisotopic (exact) mass is 265 g/mol. The summed E-state index contributed by atoms with van der Waals surface area (Å²) >= 11 is 0. The van der Waals surface area contributed by atoms with Gasteiger partial charge in [-0.25, -0.2) is 0 Å². The van der Waals surface area contributed by atoms with E-state index in [0.717, 1.165) is 18.8 Å². The van der Waals surface area contributed by atoms with Crippen molar-refractivity contribution in [3.05, 3.63) is 0 Å². The smallest absolute Gasteiger partial charge is 0.249 e. The first-order valence-electron chi connectivity index (χ1n) is 7.62. The van der Waals surface area contributed by atoms with E-state index < -0.39 is 0 Å². The predicted molar refractivity (Wildman–Crippen MR) is 74.8 cm³/mol. The van der Waals surface area contributed by atoms with Crippen molar-refractivity contribution < 1.29 is 9.53 Å². The molecule has 0 aliphatic heterocycles. The van der Waals surface area contributed by atoms with Gasteiger partial charge >= 0.3 is 0 Å². The van der Waals surface area contributed by atoms with Gasteiger partial charge in [0, 0.05) is 12.6 Å². The minimum atomic E-state index is -0.339. The van der Waals surface area contributed by atoms with Crippen LogP contribution in [-0.4, -0.2) is 24.7 Å². The Morgan fingerprint density at radius 2 is 1.74 bits per heavy atom. The van der Waals surface area contributed by atoms with Crippen LogP contribution in [0.15, 0.2) is 0 Å². The lowest BCUT2D eigenvalue weighted by atomic mass is 9.43. The molecule has 1 amide bonds. The Bertz CT molecular complexity index is 388. The Hall–Kier alpha value is -0.570. The Kier molecular flexibility index (Phi) is 2.80. The summed E-state index contributed by atoms with van der Waals surface area (Å²) in [5.41, 5.74) is 0.933. The summed E-state index contributed by atoms with van der Waals surface area (Å²) in [4.78, 5) is 12.2. The number of hydrogen-bond donors (Lipinski definition) is 1. The number of methoxy groups -OCH3 is 1. The van der Waals surface area contributed by atoms with Crippen molar-refractivity contribution in [3.63, 3.8) is 0 Å². The Morgan fingerprint density at radius 3 is 2.21 bits per heavy atom. The highest BCUT2D eigenvalue weighted by molar-refractivity contribution is 5.81. The average Bonchev–Trinajstić information content (AvgIpc) is 2.21. The number of rotatable bonds is 3. The van der Waals surface area contributed by atoms with Gasteiger partial charge in [0.15, 0.2) is 0 Å². The quantitative estimate of drug-likeness (QED) is 0.852. The van der Waals surface area contributed by atoms with Crippen molar-refractivity contribution >= 4 is 5.91 Å². The molecule has 3 unspecified atom stereocenters. The molecule has 0 heterocycles. The summed E-state index contributed by atoms with van der Waals surface area (Å²) in [5, 5.41) is 3.36. The molecule has 108 valence electrons. The highest BCUT2D eigenvalue weighted by atomic mass is 16.5. The van der Waals surface area contributed by atoms with Gasteiger partial charge in [0.2, 0.25) is 5.91 Å². The minimum Gasteiger partial charge on any atom is -0.372 e. The largest absolute Gasteiger partial charge is 0.372 e. The maximum atomic E-state index is 12.2. The Balaban J connectivity index is 1.83. The third kappa shape index (κ3) is 2.20. The van der Waals surface area contributed by atoms with Gasteiger partial charge in [-0.15, -0.1) is 0 Å². The zero-order valence-electron chi connectivity index (χ0n) is 12.7. The molecule has 19 heavy (non-hydrogen) atoms. The van der Waals surface area contributed by atoms with Crippen molar-refractivity contribution in [1.82, 2.24) is 5.32 Å². The lowest BCUT2D eigenvalue weighted by Gasteiger charge is -2.65. The van der Waals surface area contributed by atoms with Crippen LogP contribution >= 0.6 is 0 Å². The molecular formula is C16H27NO2. The summed E-state index contributed by atoms with van der Waals surface area (Å²) in [7, 11) is 1.60. The molecule has 1 N–H and O–H groups in total. The van der Waals surface area contributed by atoms with Crippen LogP contribution in [0.2, 0.25) is 0 Å². The first-order chi connectivity index (χ1) is 8.77. The second-order valence-corrected chi connectivity index (χ2v) is 8.28. The number of ether oxygens (including phenoxy) is 1. The first-order valence-corrected chi connectivity index (χ1v) is 7.62. The molecule has 0 aromatic rings. The summed E-state index contributed by atoms with van der Waals surface area (Å²) in [6.45, 7) is 6.69. The predicted octanol–water partition coefficient (Wildman–Crippen LogP) is 2.89. The average molecular weight is 265 g/mol. The van der Waals surface area contributed by atoms with Crippen molar-refractivity contribution in [2.24, 2.45) is 16.7 Å². The van der Waals surface area contributed by atoms with Gasteiger partial charge in [0.25, 0.3) is 0 Å². The second kappa shape index (κ2) is 3.97. The zero-order valence-corrected chi connectivity index (χ0v) is 12.7. The number of carbonyl (C=O) groups excluding carboxylic acids is 1.